The first-order valence-corrected chi connectivity index (χ1v) is 10.2. The first-order valence-electron chi connectivity index (χ1n) is 10.2. The molecule has 2 aliphatic rings. The van der Waals surface area contributed by atoms with Crippen LogP contribution in [0.1, 0.15) is 30.9 Å². The first-order chi connectivity index (χ1) is 14.5. The third-order valence-electron chi connectivity index (χ3n) is 5.87. The zero-order valence-electron chi connectivity index (χ0n) is 17.2. The zero-order valence-corrected chi connectivity index (χ0v) is 17.2. The summed E-state index contributed by atoms with van der Waals surface area (Å²) in [6, 6.07) is 13.1. The van der Waals surface area contributed by atoms with Crippen molar-refractivity contribution < 1.29 is 18.7 Å². The molecule has 6 heteroatoms. The van der Waals surface area contributed by atoms with Crippen molar-refractivity contribution in [2.45, 2.75) is 26.3 Å². The minimum atomic E-state index is -0.353. The number of hydrogen-bond donors (Lipinski definition) is 0. The number of imide groups is 1. The molecule has 2 aromatic carbocycles. The molecule has 0 aliphatic carbocycles. The molecule has 0 unspecified atom stereocenters. The van der Waals surface area contributed by atoms with Crippen molar-refractivity contribution >= 4 is 17.4 Å². The topological polar surface area (TPSA) is 49.9 Å². The number of likely N-dealkylation sites (tertiary alicyclic amines) is 1. The van der Waals surface area contributed by atoms with Gasteiger partial charge in [-0.1, -0.05) is 37.3 Å². The Kier molecular flexibility index (Phi) is 5.57. The highest BCUT2D eigenvalue weighted by Crippen LogP contribution is 2.38. The van der Waals surface area contributed by atoms with Crippen molar-refractivity contribution in [1.82, 2.24) is 9.80 Å². The van der Waals surface area contributed by atoms with Gasteiger partial charge in [0.2, 0.25) is 0 Å². The Labute approximate surface area is 175 Å². The average molecular weight is 408 g/mol. The summed E-state index contributed by atoms with van der Waals surface area (Å²) < 4.78 is 18.8. The molecule has 0 bridgehead atoms. The summed E-state index contributed by atoms with van der Waals surface area (Å²) in [5, 5.41) is 0. The molecular formula is C24H25FN2O3. The van der Waals surface area contributed by atoms with E-state index in [1.54, 1.807) is 25.3 Å². The lowest BCUT2D eigenvalue weighted by Crippen LogP contribution is -2.38. The van der Waals surface area contributed by atoms with Crippen molar-refractivity contribution in [2.24, 2.45) is 5.92 Å². The van der Waals surface area contributed by atoms with E-state index >= 15 is 0 Å². The van der Waals surface area contributed by atoms with E-state index in [-0.39, 0.29) is 24.2 Å². The Balaban J connectivity index is 1.75. The smallest absolute Gasteiger partial charge is 0.278 e. The van der Waals surface area contributed by atoms with Crippen molar-refractivity contribution in [3.05, 3.63) is 71.2 Å². The molecule has 5 nitrogen and oxygen atoms in total. The van der Waals surface area contributed by atoms with E-state index in [2.05, 4.69) is 6.92 Å². The van der Waals surface area contributed by atoms with Crippen LogP contribution in [0.4, 0.5) is 4.39 Å². The number of halogens is 1. The van der Waals surface area contributed by atoms with Crippen LogP contribution in [0.25, 0.3) is 5.57 Å². The second kappa shape index (κ2) is 8.30. The molecule has 30 heavy (non-hydrogen) atoms. The van der Waals surface area contributed by atoms with E-state index < -0.39 is 0 Å². The molecular weight excluding hydrogens is 383 g/mol. The van der Waals surface area contributed by atoms with Gasteiger partial charge in [-0.25, -0.2) is 4.39 Å². The van der Waals surface area contributed by atoms with Gasteiger partial charge in [0.15, 0.2) is 0 Å². The number of para-hydroxylation sites is 1. The zero-order chi connectivity index (χ0) is 21.3. The number of carbonyl (C=O) groups is 2. The molecule has 1 fully saturated rings. The lowest BCUT2D eigenvalue weighted by molar-refractivity contribution is -0.138. The van der Waals surface area contributed by atoms with Crippen molar-refractivity contribution in [1.29, 1.82) is 0 Å². The van der Waals surface area contributed by atoms with Crippen LogP contribution in [-0.2, 0) is 16.1 Å². The predicted molar refractivity (Wildman–Crippen MR) is 112 cm³/mol. The summed E-state index contributed by atoms with van der Waals surface area (Å²) in [5.74, 6) is 0.148. The molecule has 156 valence electrons. The number of methoxy groups -OCH3 is 1. The van der Waals surface area contributed by atoms with Crippen molar-refractivity contribution in [3.63, 3.8) is 0 Å². The van der Waals surface area contributed by atoms with E-state index in [9.17, 15) is 14.0 Å². The SMILES string of the molecule is COc1ccccc1C1=C(N2CCC(C)CC2)C(=O)N(Cc2ccc(F)cc2)C1=O. The minimum Gasteiger partial charge on any atom is -0.496 e. The summed E-state index contributed by atoms with van der Waals surface area (Å²) in [5.41, 5.74) is 2.15. The number of rotatable bonds is 5. The number of benzene rings is 2. The standard InChI is InChI=1S/C24H25FN2O3/c1-16-11-13-26(14-12-16)22-21(19-5-3-4-6-20(19)30-2)23(28)27(24(22)29)15-17-7-9-18(25)10-8-17/h3-10,16H,11-15H2,1-2H3. The van der Waals surface area contributed by atoms with Crippen LogP contribution >= 0.6 is 0 Å². The summed E-state index contributed by atoms with van der Waals surface area (Å²) in [7, 11) is 1.55. The molecule has 4 rings (SSSR count). The predicted octanol–water partition coefficient (Wildman–Crippen LogP) is 3.85. The van der Waals surface area contributed by atoms with E-state index in [4.69, 9.17) is 4.74 Å². The highest BCUT2D eigenvalue weighted by Gasteiger charge is 2.42. The Morgan fingerprint density at radius 3 is 2.33 bits per heavy atom. The van der Waals surface area contributed by atoms with Gasteiger partial charge in [-0.15, -0.1) is 0 Å². The van der Waals surface area contributed by atoms with Gasteiger partial charge in [0, 0.05) is 18.7 Å². The van der Waals surface area contributed by atoms with Crippen LogP contribution < -0.4 is 4.74 Å². The van der Waals surface area contributed by atoms with E-state index in [1.165, 1.54) is 17.0 Å². The number of piperidine rings is 1. The number of amides is 2. The molecule has 2 aliphatic heterocycles. The van der Waals surface area contributed by atoms with Gasteiger partial charge in [-0.3, -0.25) is 14.5 Å². The summed E-state index contributed by atoms with van der Waals surface area (Å²) in [6.07, 6.45) is 1.95. The molecule has 2 aromatic rings. The molecule has 0 radical (unpaired) electrons. The van der Waals surface area contributed by atoms with Gasteiger partial charge < -0.3 is 9.64 Å². The number of ether oxygens (including phenoxy) is 1. The van der Waals surface area contributed by atoms with Gasteiger partial charge in [0.05, 0.1) is 19.2 Å². The Morgan fingerprint density at radius 2 is 1.67 bits per heavy atom. The van der Waals surface area contributed by atoms with Gasteiger partial charge in [0.1, 0.15) is 17.3 Å². The molecule has 2 amide bonds. The van der Waals surface area contributed by atoms with Crippen LogP contribution in [0.3, 0.4) is 0 Å². The lowest BCUT2D eigenvalue weighted by Gasteiger charge is -2.32. The highest BCUT2D eigenvalue weighted by atomic mass is 19.1. The third kappa shape index (κ3) is 3.70. The maximum absolute atomic E-state index is 13.5. The summed E-state index contributed by atoms with van der Waals surface area (Å²) in [6.45, 7) is 3.77. The van der Waals surface area contributed by atoms with Crippen LogP contribution in [0.2, 0.25) is 0 Å². The molecule has 0 spiro atoms. The molecule has 2 heterocycles. The largest absolute Gasteiger partial charge is 0.496 e. The van der Waals surface area contributed by atoms with E-state index in [0.717, 1.165) is 25.9 Å². The van der Waals surface area contributed by atoms with Crippen LogP contribution in [0, 0.1) is 11.7 Å². The Hall–Kier alpha value is -3.15. The third-order valence-corrected chi connectivity index (χ3v) is 5.87. The van der Waals surface area contributed by atoms with Crippen molar-refractivity contribution in [2.75, 3.05) is 20.2 Å². The number of hydrogen-bond acceptors (Lipinski definition) is 4. The van der Waals surface area contributed by atoms with Gasteiger partial charge in [-0.2, -0.15) is 0 Å². The average Bonchev–Trinajstić information content (AvgIpc) is 3.00. The Bertz CT molecular complexity index is 992. The van der Waals surface area contributed by atoms with Gasteiger partial charge >= 0.3 is 0 Å². The fraction of sp³-hybridized carbons (Fsp3) is 0.333. The highest BCUT2D eigenvalue weighted by molar-refractivity contribution is 6.35. The van der Waals surface area contributed by atoms with Crippen molar-refractivity contribution in [3.8, 4) is 5.75 Å². The Morgan fingerprint density at radius 1 is 1.00 bits per heavy atom. The monoisotopic (exact) mass is 408 g/mol. The number of nitrogens with zero attached hydrogens (tertiary/aromatic N) is 2. The van der Waals surface area contributed by atoms with Crippen LogP contribution in [0.5, 0.6) is 5.75 Å². The number of carbonyl (C=O) groups excluding carboxylic acids is 2. The van der Waals surface area contributed by atoms with Crippen LogP contribution in [0.15, 0.2) is 54.2 Å². The second-order valence-electron chi connectivity index (χ2n) is 7.92. The minimum absolute atomic E-state index is 0.102. The molecule has 0 saturated carbocycles. The second-order valence-corrected chi connectivity index (χ2v) is 7.92. The van der Waals surface area contributed by atoms with E-state index in [1.807, 2.05) is 23.1 Å². The molecule has 0 atom stereocenters. The lowest BCUT2D eigenvalue weighted by atomic mass is 9.97. The summed E-state index contributed by atoms with van der Waals surface area (Å²) in [4.78, 5) is 30.2. The first kappa shape index (κ1) is 20.1. The van der Waals surface area contributed by atoms with Crippen LogP contribution in [-0.4, -0.2) is 41.8 Å². The fourth-order valence-electron chi connectivity index (χ4n) is 4.10. The molecule has 0 aromatic heterocycles. The van der Waals surface area contributed by atoms with Gasteiger partial charge in [0.25, 0.3) is 11.8 Å². The maximum atomic E-state index is 13.5. The normalized spacial score (nSPS) is 17.8. The molecule has 0 N–H and O–H groups in total. The van der Waals surface area contributed by atoms with E-state index in [0.29, 0.717) is 34.1 Å². The van der Waals surface area contributed by atoms with Gasteiger partial charge in [-0.05, 0) is 42.5 Å². The maximum Gasteiger partial charge on any atom is 0.278 e. The fourth-order valence-corrected chi connectivity index (χ4v) is 4.10. The molecule has 1 saturated heterocycles. The summed E-state index contributed by atoms with van der Waals surface area (Å²) >= 11 is 0. The quantitative estimate of drug-likeness (QED) is 0.706.